The third-order valence-corrected chi connectivity index (χ3v) is 3.44. The lowest BCUT2D eigenvalue weighted by molar-refractivity contribution is -0.141. The van der Waals surface area contributed by atoms with Crippen LogP contribution in [0.25, 0.3) is 0 Å². The molecule has 2 aromatic rings. The highest BCUT2D eigenvalue weighted by Gasteiger charge is 2.13. The molecule has 0 heterocycles. The average molecular weight is 360 g/mol. The van der Waals surface area contributed by atoms with Gasteiger partial charge in [0.15, 0.2) is 0 Å². The third-order valence-electron chi connectivity index (χ3n) is 3.44. The Labute approximate surface area is 155 Å². The number of phenols is 1. The summed E-state index contributed by atoms with van der Waals surface area (Å²) in [5, 5.41) is 8.76. The SMILES string of the molecule is C=O.C=O.CCC(CC(=O)OC)c1ccccc1.Cc1ccc(O)cc1. The quantitative estimate of drug-likeness (QED) is 0.831. The molecule has 0 aromatic heterocycles. The highest BCUT2D eigenvalue weighted by molar-refractivity contribution is 5.70. The number of carbonyl (C=O) groups excluding carboxylic acids is 3. The monoisotopic (exact) mass is 360 g/mol. The molecule has 0 radical (unpaired) electrons. The second-order valence-corrected chi connectivity index (χ2v) is 5.13. The molecule has 0 aliphatic carbocycles. The summed E-state index contributed by atoms with van der Waals surface area (Å²) in [5.41, 5.74) is 2.38. The number of benzene rings is 2. The molecule has 0 fully saturated rings. The van der Waals surface area contributed by atoms with Crippen molar-refractivity contribution in [2.45, 2.75) is 32.6 Å². The van der Waals surface area contributed by atoms with Crippen LogP contribution in [-0.4, -0.2) is 31.8 Å². The summed E-state index contributed by atoms with van der Waals surface area (Å²) in [5.74, 6) is 0.472. The molecule has 0 aliphatic heterocycles. The van der Waals surface area contributed by atoms with Crippen molar-refractivity contribution >= 4 is 19.5 Å². The van der Waals surface area contributed by atoms with Gasteiger partial charge >= 0.3 is 5.97 Å². The van der Waals surface area contributed by atoms with E-state index >= 15 is 0 Å². The Morgan fingerprint density at radius 2 is 1.50 bits per heavy atom. The minimum absolute atomic E-state index is 0.138. The lowest BCUT2D eigenvalue weighted by atomic mass is 9.93. The van der Waals surface area contributed by atoms with Crippen LogP contribution < -0.4 is 0 Å². The van der Waals surface area contributed by atoms with E-state index in [9.17, 15) is 4.79 Å². The highest BCUT2D eigenvalue weighted by atomic mass is 16.5. The molecule has 0 saturated carbocycles. The number of ether oxygens (including phenoxy) is 1. The summed E-state index contributed by atoms with van der Waals surface area (Å²) in [6, 6.07) is 17.2. The lowest BCUT2D eigenvalue weighted by Gasteiger charge is -2.13. The predicted octanol–water partition coefficient (Wildman–Crippen LogP) is 4.07. The van der Waals surface area contributed by atoms with Crippen molar-refractivity contribution in [3.8, 4) is 5.75 Å². The normalized spacial score (nSPS) is 9.65. The molecular weight excluding hydrogens is 332 g/mol. The van der Waals surface area contributed by atoms with Crippen LogP contribution in [0.2, 0.25) is 0 Å². The molecule has 2 aromatic carbocycles. The van der Waals surface area contributed by atoms with Gasteiger partial charge in [0.2, 0.25) is 0 Å². The standard InChI is InChI=1S/C12H16O2.C7H8O.2CH2O/c1-3-10(9-12(13)14-2)11-7-5-4-6-8-11;1-6-2-4-7(8)5-3-6;2*1-2/h4-8,10H,3,9H2,1-2H3;2-5,8H,1H3;2*1H2. The van der Waals surface area contributed by atoms with E-state index in [0.717, 1.165) is 6.42 Å². The largest absolute Gasteiger partial charge is 0.508 e. The molecule has 1 N–H and O–H groups in total. The second kappa shape index (κ2) is 16.9. The van der Waals surface area contributed by atoms with Crippen LogP contribution in [0.5, 0.6) is 5.75 Å². The maximum Gasteiger partial charge on any atom is 0.306 e. The summed E-state index contributed by atoms with van der Waals surface area (Å²) >= 11 is 0. The fraction of sp³-hybridized carbons (Fsp3) is 0.286. The van der Waals surface area contributed by atoms with E-state index in [1.807, 2.05) is 50.8 Å². The molecule has 142 valence electrons. The number of phenolic OH excluding ortho intramolecular Hbond substituents is 1. The van der Waals surface area contributed by atoms with Gasteiger partial charge in [0.25, 0.3) is 0 Å². The number of aryl methyl sites for hydroxylation is 1. The Morgan fingerprint density at radius 3 is 1.88 bits per heavy atom. The van der Waals surface area contributed by atoms with E-state index in [-0.39, 0.29) is 11.9 Å². The van der Waals surface area contributed by atoms with Gasteiger partial charge in [-0.1, -0.05) is 55.0 Å². The molecule has 5 heteroatoms. The predicted molar refractivity (Wildman–Crippen MR) is 103 cm³/mol. The number of rotatable bonds is 4. The van der Waals surface area contributed by atoms with E-state index < -0.39 is 0 Å². The molecule has 2 rings (SSSR count). The van der Waals surface area contributed by atoms with Crippen molar-refractivity contribution in [2.24, 2.45) is 0 Å². The van der Waals surface area contributed by atoms with Crippen molar-refractivity contribution in [2.75, 3.05) is 7.11 Å². The number of carbonyl (C=O) groups is 3. The van der Waals surface area contributed by atoms with Crippen LogP contribution in [0.1, 0.15) is 36.8 Å². The molecule has 26 heavy (non-hydrogen) atoms. The minimum atomic E-state index is -0.138. The van der Waals surface area contributed by atoms with E-state index in [0.29, 0.717) is 12.2 Å². The Kier molecular flexibility index (Phi) is 16.4. The second-order valence-electron chi connectivity index (χ2n) is 5.13. The molecule has 0 aliphatic rings. The van der Waals surface area contributed by atoms with Gasteiger partial charge in [0.05, 0.1) is 13.5 Å². The number of esters is 1. The van der Waals surface area contributed by atoms with Crippen LogP contribution in [0.3, 0.4) is 0 Å². The van der Waals surface area contributed by atoms with E-state index in [1.54, 1.807) is 12.1 Å². The zero-order chi connectivity index (χ0) is 20.4. The molecule has 1 unspecified atom stereocenters. The number of hydrogen-bond donors (Lipinski definition) is 1. The van der Waals surface area contributed by atoms with Crippen molar-refractivity contribution in [1.82, 2.24) is 0 Å². The van der Waals surface area contributed by atoms with Crippen LogP contribution >= 0.6 is 0 Å². The Balaban J connectivity index is 0. The van der Waals surface area contributed by atoms with Gasteiger partial charge in [-0.15, -0.1) is 0 Å². The lowest BCUT2D eigenvalue weighted by Crippen LogP contribution is -2.07. The van der Waals surface area contributed by atoms with Gasteiger partial charge in [0, 0.05) is 0 Å². The zero-order valence-electron chi connectivity index (χ0n) is 15.7. The molecule has 0 saturated heterocycles. The van der Waals surface area contributed by atoms with E-state index in [4.69, 9.17) is 14.7 Å². The van der Waals surface area contributed by atoms with Crippen molar-refractivity contribution in [3.05, 3.63) is 65.7 Å². The van der Waals surface area contributed by atoms with Crippen molar-refractivity contribution < 1.29 is 24.2 Å². The van der Waals surface area contributed by atoms with Crippen LogP contribution in [0.4, 0.5) is 0 Å². The average Bonchev–Trinajstić information content (AvgIpc) is 2.72. The first kappa shape index (κ1) is 25.3. The van der Waals surface area contributed by atoms with Crippen molar-refractivity contribution in [1.29, 1.82) is 0 Å². The van der Waals surface area contributed by atoms with Crippen LogP contribution in [0.15, 0.2) is 54.6 Å². The summed E-state index contributed by atoms with van der Waals surface area (Å²) in [6.07, 6.45) is 1.43. The van der Waals surface area contributed by atoms with Crippen molar-refractivity contribution in [3.63, 3.8) is 0 Å². The first-order chi connectivity index (χ1) is 12.6. The molecule has 0 bridgehead atoms. The Hall–Kier alpha value is -2.95. The topological polar surface area (TPSA) is 80.7 Å². The number of aromatic hydroxyl groups is 1. The van der Waals surface area contributed by atoms with Gasteiger partial charge in [-0.2, -0.15) is 0 Å². The maximum atomic E-state index is 11.1. The molecule has 0 amide bonds. The highest BCUT2D eigenvalue weighted by Crippen LogP contribution is 2.23. The third kappa shape index (κ3) is 11.6. The Morgan fingerprint density at radius 1 is 1.00 bits per heavy atom. The fourth-order valence-electron chi connectivity index (χ4n) is 2.05. The minimum Gasteiger partial charge on any atom is -0.508 e. The van der Waals surface area contributed by atoms with Gasteiger partial charge in [-0.3, -0.25) is 4.79 Å². The van der Waals surface area contributed by atoms with Crippen LogP contribution in [-0.2, 0) is 19.1 Å². The first-order valence-corrected chi connectivity index (χ1v) is 8.02. The van der Waals surface area contributed by atoms with Gasteiger partial charge in [-0.25, -0.2) is 0 Å². The van der Waals surface area contributed by atoms with E-state index in [2.05, 4.69) is 23.8 Å². The zero-order valence-corrected chi connectivity index (χ0v) is 15.7. The molecule has 0 spiro atoms. The molecule has 1 atom stereocenters. The Bertz CT molecular complexity index is 558. The first-order valence-electron chi connectivity index (χ1n) is 8.02. The van der Waals surface area contributed by atoms with Crippen LogP contribution in [0, 0.1) is 6.92 Å². The van der Waals surface area contributed by atoms with E-state index in [1.165, 1.54) is 18.2 Å². The summed E-state index contributed by atoms with van der Waals surface area (Å²) in [4.78, 5) is 27.1. The summed E-state index contributed by atoms with van der Waals surface area (Å²) in [6.45, 7) is 8.07. The summed E-state index contributed by atoms with van der Waals surface area (Å²) in [7, 11) is 1.43. The molecular formula is C21H28O5. The maximum absolute atomic E-state index is 11.1. The van der Waals surface area contributed by atoms with Gasteiger partial charge < -0.3 is 19.4 Å². The van der Waals surface area contributed by atoms with Gasteiger partial charge in [0.1, 0.15) is 19.3 Å². The number of methoxy groups -OCH3 is 1. The summed E-state index contributed by atoms with van der Waals surface area (Å²) < 4.78 is 4.67. The molecule has 5 nitrogen and oxygen atoms in total. The van der Waals surface area contributed by atoms with Gasteiger partial charge in [-0.05, 0) is 37.0 Å². The smallest absolute Gasteiger partial charge is 0.306 e. The number of hydrogen-bond acceptors (Lipinski definition) is 5. The fourth-order valence-corrected chi connectivity index (χ4v) is 2.05.